The number of amides is 1. The molecular formula is C16H21N5O2S. The molecule has 1 aliphatic rings. The summed E-state index contributed by atoms with van der Waals surface area (Å²) < 4.78 is 5.99. The highest BCUT2D eigenvalue weighted by Crippen LogP contribution is 2.26. The van der Waals surface area contributed by atoms with Crippen molar-refractivity contribution in [2.75, 3.05) is 11.9 Å². The van der Waals surface area contributed by atoms with Crippen molar-refractivity contribution in [3.05, 3.63) is 29.2 Å². The third kappa shape index (κ3) is 4.27. The van der Waals surface area contributed by atoms with Gasteiger partial charge in [0.15, 0.2) is 5.13 Å². The van der Waals surface area contributed by atoms with Crippen LogP contribution in [0.5, 0.6) is 5.88 Å². The Morgan fingerprint density at radius 3 is 3.04 bits per heavy atom. The summed E-state index contributed by atoms with van der Waals surface area (Å²) in [5.74, 6) is 0.534. The summed E-state index contributed by atoms with van der Waals surface area (Å²) in [6, 6.07) is 2.28. The van der Waals surface area contributed by atoms with Gasteiger partial charge in [-0.15, -0.1) is 11.3 Å². The van der Waals surface area contributed by atoms with Crippen molar-refractivity contribution in [2.45, 2.75) is 45.9 Å². The van der Waals surface area contributed by atoms with E-state index in [1.165, 1.54) is 24.6 Å². The molecule has 8 heteroatoms. The number of thiazole rings is 1. The van der Waals surface area contributed by atoms with Gasteiger partial charge < -0.3 is 10.1 Å². The van der Waals surface area contributed by atoms with E-state index < -0.39 is 0 Å². The highest BCUT2D eigenvalue weighted by molar-refractivity contribution is 7.15. The summed E-state index contributed by atoms with van der Waals surface area (Å²) in [4.78, 5) is 27.1. The van der Waals surface area contributed by atoms with Gasteiger partial charge in [-0.2, -0.15) is 0 Å². The van der Waals surface area contributed by atoms with Gasteiger partial charge >= 0.3 is 0 Å². The Morgan fingerprint density at radius 2 is 2.29 bits per heavy atom. The minimum Gasteiger partial charge on any atom is -0.473 e. The van der Waals surface area contributed by atoms with Gasteiger partial charge in [-0.3, -0.25) is 9.69 Å². The van der Waals surface area contributed by atoms with Crippen LogP contribution in [0.1, 0.15) is 30.8 Å². The third-order valence-electron chi connectivity index (χ3n) is 3.93. The summed E-state index contributed by atoms with van der Waals surface area (Å²) in [7, 11) is 0. The largest absolute Gasteiger partial charge is 0.473 e. The Balaban J connectivity index is 1.57. The Morgan fingerprint density at radius 1 is 1.46 bits per heavy atom. The molecule has 1 N–H and O–H groups in total. The normalized spacial score (nSPS) is 21.0. The highest BCUT2D eigenvalue weighted by Gasteiger charge is 2.31. The maximum atomic E-state index is 11.1. The standard InChI is InChI=1S/C16H21N5O2S/c1-10-4-15(19-9-18-10)23-13-5-11(2)21(7-13)8-14-6-17-16(24-14)20-12(3)22/h4,6,9,11,13H,5,7-8H2,1-3H3,(H,17,20,22)/t11-,13-/m0/s1. The zero-order valence-corrected chi connectivity index (χ0v) is 14.8. The second kappa shape index (κ2) is 7.23. The van der Waals surface area contributed by atoms with Crippen LogP contribution in [0.4, 0.5) is 5.13 Å². The molecule has 1 amide bonds. The molecule has 128 valence electrons. The van der Waals surface area contributed by atoms with E-state index >= 15 is 0 Å². The smallest absolute Gasteiger partial charge is 0.223 e. The summed E-state index contributed by atoms with van der Waals surface area (Å²) in [6.45, 7) is 7.26. The second-order valence-corrected chi connectivity index (χ2v) is 7.18. The lowest BCUT2D eigenvalue weighted by Crippen LogP contribution is -2.27. The van der Waals surface area contributed by atoms with Gasteiger partial charge in [0.05, 0.1) is 0 Å². The lowest BCUT2D eigenvalue weighted by atomic mass is 10.2. The van der Waals surface area contributed by atoms with Gasteiger partial charge in [-0.1, -0.05) is 0 Å². The lowest BCUT2D eigenvalue weighted by molar-refractivity contribution is -0.114. The van der Waals surface area contributed by atoms with Crippen LogP contribution >= 0.6 is 11.3 Å². The zero-order valence-electron chi connectivity index (χ0n) is 14.0. The number of nitrogens with one attached hydrogen (secondary N) is 1. The Labute approximate surface area is 145 Å². The first-order valence-electron chi connectivity index (χ1n) is 7.91. The van der Waals surface area contributed by atoms with Crippen molar-refractivity contribution >= 4 is 22.4 Å². The molecule has 0 spiro atoms. The quantitative estimate of drug-likeness (QED) is 0.893. The fraction of sp³-hybridized carbons (Fsp3) is 0.500. The summed E-state index contributed by atoms with van der Waals surface area (Å²) in [6.07, 6.45) is 4.43. The molecule has 3 rings (SSSR count). The fourth-order valence-corrected chi connectivity index (χ4v) is 3.69. The third-order valence-corrected chi connectivity index (χ3v) is 4.82. The first-order chi connectivity index (χ1) is 11.5. The van der Waals surface area contributed by atoms with Crippen molar-refractivity contribution < 1.29 is 9.53 Å². The molecule has 7 nitrogen and oxygen atoms in total. The van der Waals surface area contributed by atoms with Crippen LogP contribution in [0.15, 0.2) is 18.6 Å². The molecule has 0 unspecified atom stereocenters. The SMILES string of the molecule is CC(=O)Nc1ncc(CN2C[C@@H](Oc3cc(C)ncn3)C[C@@H]2C)s1. The van der Waals surface area contributed by atoms with Gasteiger partial charge in [-0.05, 0) is 13.8 Å². The van der Waals surface area contributed by atoms with Crippen LogP contribution in [0.2, 0.25) is 0 Å². The summed E-state index contributed by atoms with van der Waals surface area (Å²) >= 11 is 1.51. The fourth-order valence-electron chi connectivity index (χ4n) is 2.81. The van der Waals surface area contributed by atoms with Crippen LogP contribution in [0.3, 0.4) is 0 Å². The minimum atomic E-state index is -0.0981. The molecule has 0 saturated carbocycles. The predicted molar refractivity (Wildman–Crippen MR) is 92.1 cm³/mol. The van der Waals surface area contributed by atoms with Gasteiger partial charge in [-0.25, -0.2) is 15.0 Å². The van der Waals surface area contributed by atoms with Gasteiger partial charge in [0.25, 0.3) is 0 Å². The van der Waals surface area contributed by atoms with Crippen molar-refractivity contribution in [2.24, 2.45) is 0 Å². The number of carbonyl (C=O) groups is 1. The van der Waals surface area contributed by atoms with E-state index in [9.17, 15) is 4.79 Å². The summed E-state index contributed by atoms with van der Waals surface area (Å²) in [5.41, 5.74) is 0.901. The number of anilines is 1. The molecule has 1 aliphatic heterocycles. The molecule has 0 radical (unpaired) electrons. The number of aromatic nitrogens is 3. The molecule has 2 aromatic rings. The molecule has 2 aromatic heterocycles. The summed E-state index contributed by atoms with van der Waals surface area (Å²) in [5, 5.41) is 3.37. The number of likely N-dealkylation sites (tertiary alicyclic amines) is 1. The molecule has 3 heterocycles. The average Bonchev–Trinajstić information content (AvgIpc) is 3.06. The molecular weight excluding hydrogens is 326 g/mol. The van der Waals surface area contributed by atoms with E-state index in [1.807, 2.05) is 19.2 Å². The van der Waals surface area contributed by atoms with Crippen molar-refractivity contribution in [3.63, 3.8) is 0 Å². The minimum absolute atomic E-state index is 0.0981. The Hall–Kier alpha value is -2.06. The topological polar surface area (TPSA) is 80.2 Å². The molecule has 2 atom stereocenters. The van der Waals surface area contributed by atoms with E-state index in [4.69, 9.17) is 4.74 Å². The van der Waals surface area contributed by atoms with Crippen LogP contribution < -0.4 is 10.1 Å². The van der Waals surface area contributed by atoms with Crippen LogP contribution in [-0.2, 0) is 11.3 Å². The molecule has 24 heavy (non-hydrogen) atoms. The number of carbonyl (C=O) groups excluding carboxylic acids is 1. The monoisotopic (exact) mass is 347 g/mol. The van der Waals surface area contributed by atoms with Crippen LogP contribution in [-0.4, -0.2) is 44.4 Å². The van der Waals surface area contributed by atoms with Crippen LogP contribution in [0.25, 0.3) is 0 Å². The molecule has 0 aromatic carbocycles. The molecule has 1 fully saturated rings. The van der Waals surface area contributed by atoms with E-state index in [0.717, 1.165) is 30.1 Å². The van der Waals surface area contributed by atoms with Gasteiger partial charge in [0.1, 0.15) is 12.4 Å². The van der Waals surface area contributed by atoms with Gasteiger partial charge in [0.2, 0.25) is 11.8 Å². The first kappa shape index (κ1) is 16.8. The molecule has 1 saturated heterocycles. The van der Waals surface area contributed by atoms with E-state index in [1.54, 1.807) is 0 Å². The first-order valence-corrected chi connectivity index (χ1v) is 8.73. The number of nitrogens with zero attached hydrogens (tertiary/aromatic N) is 4. The number of aryl methyl sites for hydroxylation is 1. The van der Waals surface area contributed by atoms with E-state index in [2.05, 4.69) is 32.1 Å². The van der Waals surface area contributed by atoms with Crippen molar-refractivity contribution in [3.8, 4) is 5.88 Å². The van der Waals surface area contributed by atoms with E-state index in [0.29, 0.717) is 17.1 Å². The predicted octanol–water partition coefficient (Wildman–Crippen LogP) is 2.24. The number of hydrogen-bond donors (Lipinski definition) is 1. The van der Waals surface area contributed by atoms with Crippen molar-refractivity contribution in [1.82, 2.24) is 19.9 Å². The van der Waals surface area contributed by atoms with E-state index in [-0.39, 0.29) is 12.0 Å². The Bertz CT molecular complexity index is 720. The van der Waals surface area contributed by atoms with Crippen molar-refractivity contribution in [1.29, 1.82) is 0 Å². The van der Waals surface area contributed by atoms with Crippen LogP contribution in [0, 0.1) is 6.92 Å². The second-order valence-electron chi connectivity index (χ2n) is 6.06. The lowest BCUT2D eigenvalue weighted by Gasteiger charge is -2.19. The maximum Gasteiger partial charge on any atom is 0.223 e. The highest BCUT2D eigenvalue weighted by atomic mass is 32.1. The zero-order chi connectivity index (χ0) is 17.1. The maximum absolute atomic E-state index is 11.1. The Kier molecular flexibility index (Phi) is 5.06. The van der Waals surface area contributed by atoms with Gasteiger partial charge in [0, 0.05) is 55.3 Å². The molecule has 0 bridgehead atoms. The number of rotatable bonds is 5. The average molecular weight is 347 g/mol. The molecule has 0 aliphatic carbocycles. The number of hydrogen-bond acceptors (Lipinski definition) is 7. The number of ether oxygens (including phenoxy) is 1.